The molecule has 5 heteroatoms. The fourth-order valence-corrected chi connectivity index (χ4v) is 4.81. The number of aliphatic imine (C=N–C) groups is 1. The van der Waals surface area contributed by atoms with Gasteiger partial charge in [0.2, 0.25) is 0 Å². The third-order valence-electron chi connectivity index (χ3n) is 5.22. The monoisotopic (exact) mass is 377 g/mol. The molecule has 2 heterocycles. The van der Waals surface area contributed by atoms with Crippen molar-refractivity contribution in [3.63, 3.8) is 0 Å². The molecule has 138 valence electrons. The second-order valence-electron chi connectivity index (χ2n) is 7.13. The van der Waals surface area contributed by atoms with E-state index in [9.17, 15) is 4.79 Å². The molecule has 2 aromatic rings. The molecular formula is C22H23N3OS. The first-order chi connectivity index (χ1) is 13.2. The molecule has 0 bridgehead atoms. The number of amides is 1. The summed E-state index contributed by atoms with van der Waals surface area (Å²) in [5.41, 5.74) is 1.87. The average Bonchev–Trinajstić information content (AvgIpc) is 2.99. The Morgan fingerprint density at radius 3 is 2.59 bits per heavy atom. The van der Waals surface area contributed by atoms with E-state index in [-0.39, 0.29) is 11.9 Å². The van der Waals surface area contributed by atoms with E-state index in [4.69, 9.17) is 4.99 Å². The second-order valence-corrected chi connectivity index (χ2v) is 8.13. The largest absolute Gasteiger partial charge is 0.283 e. The number of benzene rings is 1. The van der Waals surface area contributed by atoms with Crippen molar-refractivity contribution in [1.29, 1.82) is 0 Å². The lowest BCUT2D eigenvalue weighted by atomic mass is 9.85. The summed E-state index contributed by atoms with van der Waals surface area (Å²) in [5, 5.41) is 0.797. The van der Waals surface area contributed by atoms with Gasteiger partial charge in [0.1, 0.15) is 0 Å². The Hall–Kier alpha value is -2.40. The van der Waals surface area contributed by atoms with Crippen LogP contribution in [-0.2, 0) is 4.79 Å². The summed E-state index contributed by atoms with van der Waals surface area (Å²) in [6.07, 6.45) is 10.1. The van der Waals surface area contributed by atoms with Gasteiger partial charge in [-0.25, -0.2) is 4.99 Å². The number of pyridine rings is 1. The molecule has 2 atom stereocenters. The summed E-state index contributed by atoms with van der Waals surface area (Å²) in [4.78, 5) is 24.9. The first kappa shape index (κ1) is 18.0. The molecule has 1 aromatic carbocycles. The van der Waals surface area contributed by atoms with Crippen molar-refractivity contribution in [1.82, 2.24) is 9.88 Å². The Balaban J connectivity index is 1.71. The zero-order valence-corrected chi connectivity index (χ0v) is 16.2. The molecule has 1 aliphatic carbocycles. The maximum atomic E-state index is 13.3. The number of thioether (sulfide) groups is 1. The van der Waals surface area contributed by atoms with E-state index in [0.29, 0.717) is 5.92 Å². The van der Waals surface area contributed by atoms with Crippen LogP contribution in [0.25, 0.3) is 6.08 Å². The van der Waals surface area contributed by atoms with Gasteiger partial charge < -0.3 is 0 Å². The van der Waals surface area contributed by atoms with Crippen LogP contribution in [0.3, 0.4) is 0 Å². The Bertz CT molecular complexity index is 864. The number of para-hydroxylation sites is 1. The van der Waals surface area contributed by atoms with Gasteiger partial charge in [-0.1, -0.05) is 38.0 Å². The highest BCUT2D eigenvalue weighted by Crippen LogP contribution is 2.40. The molecule has 4 nitrogen and oxygen atoms in total. The molecule has 0 N–H and O–H groups in total. The third-order valence-corrected chi connectivity index (χ3v) is 6.20. The first-order valence-electron chi connectivity index (χ1n) is 9.49. The van der Waals surface area contributed by atoms with Crippen LogP contribution in [0.4, 0.5) is 5.69 Å². The fraction of sp³-hybridized carbons (Fsp3) is 0.318. The second kappa shape index (κ2) is 8.09. The molecule has 1 aliphatic heterocycles. The fourth-order valence-electron chi connectivity index (χ4n) is 3.76. The highest BCUT2D eigenvalue weighted by atomic mass is 32.2. The molecule has 1 aromatic heterocycles. The minimum Gasteiger partial charge on any atom is -0.283 e. The zero-order chi connectivity index (χ0) is 18.6. The summed E-state index contributed by atoms with van der Waals surface area (Å²) >= 11 is 1.48. The zero-order valence-electron chi connectivity index (χ0n) is 15.4. The lowest BCUT2D eigenvalue weighted by Crippen LogP contribution is -2.44. The Morgan fingerprint density at radius 1 is 1.11 bits per heavy atom. The van der Waals surface area contributed by atoms with Crippen molar-refractivity contribution in [2.45, 2.75) is 38.6 Å². The molecule has 0 spiro atoms. The molecule has 0 unspecified atom stereocenters. The van der Waals surface area contributed by atoms with Crippen molar-refractivity contribution in [3.8, 4) is 0 Å². The summed E-state index contributed by atoms with van der Waals surface area (Å²) in [6.45, 7) is 2.26. The van der Waals surface area contributed by atoms with Gasteiger partial charge in [-0.05, 0) is 66.4 Å². The van der Waals surface area contributed by atoms with Crippen molar-refractivity contribution >= 4 is 34.6 Å². The lowest BCUT2D eigenvalue weighted by Gasteiger charge is -2.35. The van der Waals surface area contributed by atoms with Crippen LogP contribution in [0.2, 0.25) is 0 Å². The van der Waals surface area contributed by atoms with Crippen molar-refractivity contribution in [2.24, 2.45) is 10.9 Å². The number of hydrogen-bond acceptors (Lipinski definition) is 4. The van der Waals surface area contributed by atoms with E-state index >= 15 is 0 Å². The van der Waals surface area contributed by atoms with Crippen LogP contribution >= 0.6 is 11.8 Å². The van der Waals surface area contributed by atoms with E-state index in [1.54, 1.807) is 12.4 Å². The van der Waals surface area contributed by atoms with E-state index in [1.165, 1.54) is 31.0 Å². The number of amidine groups is 1. The quantitative estimate of drug-likeness (QED) is 0.685. The maximum Gasteiger partial charge on any atom is 0.267 e. The van der Waals surface area contributed by atoms with E-state index in [0.717, 1.165) is 27.7 Å². The van der Waals surface area contributed by atoms with E-state index in [1.807, 2.05) is 53.4 Å². The van der Waals surface area contributed by atoms with Gasteiger partial charge in [0.05, 0.1) is 10.6 Å². The van der Waals surface area contributed by atoms with Gasteiger partial charge >= 0.3 is 0 Å². The van der Waals surface area contributed by atoms with E-state index < -0.39 is 0 Å². The van der Waals surface area contributed by atoms with Gasteiger partial charge in [0.25, 0.3) is 5.91 Å². The molecule has 1 saturated heterocycles. The minimum absolute atomic E-state index is 0.0743. The topological polar surface area (TPSA) is 45.6 Å². The van der Waals surface area contributed by atoms with E-state index in [2.05, 4.69) is 11.9 Å². The van der Waals surface area contributed by atoms with Gasteiger partial charge in [-0.15, -0.1) is 0 Å². The summed E-state index contributed by atoms with van der Waals surface area (Å²) < 4.78 is 0. The van der Waals surface area contributed by atoms with Gasteiger partial charge in [0, 0.05) is 18.4 Å². The number of nitrogens with zero attached hydrogens (tertiary/aromatic N) is 3. The van der Waals surface area contributed by atoms with Crippen molar-refractivity contribution < 1.29 is 4.79 Å². The molecule has 27 heavy (non-hydrogen) atoms. The van der Waals surface area contributed by atoms with Crippen LogP contribution in [0.1, 0.15) is 38.2 Å². The lowest BCUT2D eigenvalue weighted by molar-refractivity contribution is -0.124. The molecule has 1 amide bonds. The number of aromatic nitrogens is 1. The van der Waals surface area contributed by atoms with Crippen LogP contribution < -0.4 is 0 Å². The predicted molar refractivity (Wildman–Crippen MR) is 112 cm³/mol. The highest BCUT2D eigenvalue weighted by Gasteiger charge is 2.40. The minimum atomic E-state index is 0.0743. The highest BCUT2D eigenvalue weighted by molar-refractivity contribution is 8.18. The number of carbonyl (C=O) groups excluding carboxylic acids is 1. The Morgan fingerprint density at radius 2 is 1.85 bits per heavy atom. The molecule has 0 radical (unpaired) electrons. The summed E-state index contributed by atoms with van der Waals surface area (Å²) in [5.74, 6) is 0.565. The Kier molecular flexibility index (Phi) is 5.39. The van der Waals surface area contributed by atoms with Crippen LogP contribution in [0.15, 0.2) is 64.8 Å². The molecule has 4 rings (SSSR count). The number of carbonyl (C=O) groups is 1. The van der Waals surface area contributed by atoms with Gasteiger partial charge in [0.15, 0.2) is 5.17 Å². The van der Waals surface area contributed by atoms with Crippen LogP contribution in [0.5, 0.6) is 0 Å². The first-order valence-corrected chi connectivity index (χ1v) is 10.3. The smallest absolute Gasteiger partial charge is 0.267 e. The van der Waals surface area contributed by atoms with Gasteiger partial charge in [-0.2, -0.15) is 0 Å². The normalized spacial score (nSPS) is 26.1. The standard InChI is InChI=1S/C22H23N3OS/c1-16-7-5-6-10-19(16)25-21(26)20(15-17-11-13-23-14-12-17)27-22(25)24-18-8-3-2-4-9-18/h2-4,8-9,11-16,19H,5-7,10H2,1H3/b20-15-,24-22?/t16-,19+/m1/s1. The van der Waals surface area contributed by atoms with Gasteiger partial charge in [-0.3, -0.25) is 14.7 Å². The SMILES string of the molecule is C[C@@H]1CCCC[C@@H]1N1C(=O)/C(=C/c2ccncc2)SC1=Nc1ccccc1. The molecule has 2 fully saturated rings. The Labute approximate surface area is 164 Å². The average molecular weight is 378 g/mol. The van der Waals surface area contributed by atoms with Crippen LogP contribution in [-0.4, -0.2) is 27.0 Å². The molecule has 2 aliphatic rings. The summed E-state index contributed by atoms with van der Waals surface area (Å²) in [7, 11) is 0. The predicted octanol–water partition coefficient (Wildman–Crippen LogP) is 5.26. The van der Waals surface area contributed by atoms with Crippen molar-refractivity contribution in [2.75, 3.05) is 0 Å². The summed E-state index contributed by atoms with van der Waals surface area (Å²) in [6, 6.07) is 13.9. The molecule has 1 saturated carbocycles. The molecular weight excluding hydrogens is 354 g/mol. The maximum absolute atomic E-state index is 13.3. The third kappa shape index (κ3) is 3.98. The number of hydrogen-bond donors (Lipinski definition) is 0. The van der Waals surface area contributed by atoms with Crippen LogP contribution in [0, 0.1) is 5.92 Å². The number of rotatable bonds is 3. The van der Waals surface area contributed by atoms with Crippen molar-refractivity contribution in [3.05, 3.63) is 65.3 Å².